The molecule has 5 nitrogen and oxygen atoms in total. The standard InChI is InChI=1S/C31H31NO4/c1-2-36-29(33)32-28(31(35,26-19-11-5-12-20-26)27-21-13-6-14-22-27)23-30(34,24-15-7-3-8-16-24)25-17-9-4-10-18-25/h3-22,28,34-35H,2,23H2,1H3,(H,32,33)/t28-/m0/s1. The van der Waals surface area contributed by atoms with Gasteiger partial charge in [0, 0.05) is 6.42 Å². The first kappa shape index (κ1) is 25.2. The molecule has 0 saturated heterocycles. The van der Waals surface area contributed by atoms with E-state index in [-0.39, 0.29) is 13.0 Å². The van der Waals surface area contributed by atoms with E-state index in [2.05, 4.69) is 5.32 Å². The highest BCUT2D eigenvalue weighted by atomic mass is 16.5. The minimum atomic E-state index is -1.67. The van der Waals surface area contributed by atoms with Crippen LogP contribution in [0.15, 0.2) is 121 Å². The molecule has 4 aromatic rings. The van der Waals surface area contributed by atoms with E-state index in [1.54, 1.807) is 6.92 Å². The van der Waals surface area contributed by atoms with Crippen LogP contribution >= 0.6 is 0 Å². The van der Waals surface area contributed by atoms with Crippen molar-refractivity contribution in [3.05, 3.63) is 144 Å². The molecule has 5 heteroatoms. The van der Waals surface area contributed by atoms with Gasteiger partial charge in [-0.15, -0.1) is 0 Å². The van der Waals surface area contributed by atoms with Crippen molar-refractivity contribution in [3.63, 3.8) is 0 Å². The van der Waals surface area contributed by atoms with E-state index in [1.807, 2.05) is 121 Å². The zero-order chi connectivity index (χ0) is 25.4. The van der Waals surface area contributed by atoms with Crippen molar-refractivity contribution >= 4 is 6.09 Å². The summed E-state index contributed by atoms with van der Waals surface area (Å²) < 4.78 is 5.22. The van der Waals surface area contributed by atoms with Crippen LogP contribution in [0.25, 0.3) is 0 Å². The molecule has 1 atom stereocenters. The number of aliphatic hydroxyl groups is 2. The van der Waals surface area contributed by atoms with E-state index < -0.39 is 23.3 Å². The van der Waals surface area contributed by atoms with Crippen LogP contribution in [0.1, 0.15) is 35.6 Å². The lowest BCUT2D eigenvalue weighted by atomic mass is 9.72. The highest BCUT2D eigenvalue weighted by Gasteiger charge is 2.46. The van der Waals surface area contributed by atoms with Gasteiger partial charge in [-0.25, -0.2) is 4.79 Å². The van der Waals surface area contributed by atoms with Crippen molar-refractivity contribution < 1.29 is 19.7 Å². The number of carbonyl (C=O) groups is 1. The molecule has 3 N–H and O–H groups in total. The first-order valence-corrected chi connectivity index (χ1v) is 12.1. The van der Waals surface area contributed by atoms with E-state index in [1.165, 1.54) is 0 Å². The lowest BCUT2D eigenvalue weighted by molar-refractivity contribution is -0.0131. The zero-order valence-corrected chi connectivity index (χ0v) is 20.2. The van der Waals surface area contributed by atoms with Crippen LogP contribution < -0.4 is 5.32 Å². The molecule has 0 fully saturated rings. The lowest BCUT2D eigenvalue weighted by Crippen LogP contribution is -2.54. The van der Waals surface area contributed by atoms with E-state index in [4.69, 9.17) is 4.74 Å². The number of benzene rings is 4. The summed E-state index contributed by atoms with van der Waals surface area (Å²) in [6.45, 7) is 1.90. The van der Waals surface area contributed by atoms with Gasteiger partial charge in [-0.1, -0.05) is 121 Å². The molecular formula is C31H31NO4. The molecule has 0 radical (unpaired) electrons. The Morgan fingerprint density at radius 2 is 1.06 bits per heavy atom. The number of amides is 1. The monoisotopic (exact) mass is 481 g/mol. The third-order valence-electron chi connectivity index (χ3n) is 6.50. The summed E-state index contributed by atoms with van der Waals surface area (Å²) in [5, 5.41) is 27.7. The van der Waals surface area contributed by atoms with Gasteiger partial charge in [0.15, 0.2) is 0 Å². The van der Waals surface area contributed by atoms with Crippen LogP contribution in [0, 0.1) is 0 Å². The Morgan fingerprint density at radius 1 is 0.694 bits per heavy atom. The van der Waals surface area contributed by atoms with Crippen molar-refractivity contribution in [2.45, 2.75) is 30.6 Å². The van der Waals surface area contributed by atoms with E-state index in [9.17, 15) is 15.0 Å². The first-order chi connectivity index (χ1) is 17.5. The van der Waals surface area contributed by atoms with Crippen LogP contribution in [-0.4, -0.2) is 29.0 Å². The number of rotatable bonds is 9. The van der Waals surface area contributed by atoms with Crippen molar-refractivity contribution in [1.29, 1.82) is 0 Å². The molecule has 0 bridgehead atoms. The number of nitrogens with one attached hydrogen (secondary N) is 1. The second kappa shape index (κ2) is 11.2. The van der Waals surface area contributed by atoms with Gasteiger partial charge >= 0.3 is 6.09 Å². The van der Waals surface area contributed by atoms with Gasteiger partial charge in [0.25, 0.3) is 0 Å². The van der Waals surface area contributed by atoms with Crippen LogP contribution in [0.5, 0.6) is 0 Å². The van der Waals surface area contributed by atoms with E-state index >= 15 is 0 Å². The number of hydrogen-bond donors (Lipinski definition) is 3. The summed E-state index contributed by atoms with van der Waals surface area (Å²) in [5.74, 6) is 0. The Hall–Kier alpha value is -3.93. The molecule has 184 valence electrons. The fourth-order valence-corrected chi connectivity index (χ4v) is 4.70. The van der Waals surface area contributed by atoms with Crippen molar-refractivity contribution in [1.82, 2.24) is 5.32 Å². The molecule has 0 heterocycles. The lowest BCUT2D eigenvalue weighted by Gasteiger charge is -2.42. The molecule has 0 saturated carbocycles. The van der Waals surface area contributed by atoms with Crippen LogP contribution in [0.2, 0.25) is 0 Å². The van der Waals surface area contributed by atoms with E-state index in [0.717, 1.165) is 0 Å². The number of ether oxygens (including phenoxy) is 1. The molecule has 1 amide bonds. The van der Waals surface area contributed by atoms with Crippen LogP contribution in [0.3, 0.4) is 0 Å². The minimum absolute atomic E-state index is 0.0276. The summed E-state index contributed by atoms with van der Waals surface area (Å²) in [5.41, 5.74) is -0.731. The normalized spacial score (nSPS) is 12.5. The predicted octanol–water partition coefficient (Wildman–Crippen LogP) is 5.36. The first-order valence-electron chi connectivity index (χ1n) is 12.1. The van der Waals surface area contributed by atoms with Gasteiger partial charge in [-0.05, 0) is 29.2 Å². The Balaban J connectivity index is 1.91. The Labute approximate surface area is 212 Å². The molecule has 0 aliphatic carbocycles. The molecule has 0 aliphatic rings. The molecule has 36 heavy (non-hydrogen) atoms. The van der Waals surface area contributed by atoms with Crippen molar-refractivity contribution in [2.24, 2.45) is 0 Å². The maximum absolute atomic E-state index is 12.8. The Kier molecular flexibility index (Phi) is 7.84. The topological polar surface area (TPSA) is 78.8 Å². The Morgan fingerprint density at radius 3 is 1.42 bits per heavy atom. The third-order valence-corrected chi connectivity index (χ3v) is 6.50. The summed E-state index contributed by atoms with van der Waals surface area (Å²) in [6, 6.07) is 36.0. The van der Waals surface area contributed by atoms with Gasteiger partial charge < -0.3 is 20.3 Å². The molecule has 4 aromatic carbocycles. The van der Waals surface area contributed by atoms with Crippen LogP contribution in [0.4, 0.5) is 4.79 Å². The Bertz CT molecular complexity index is 1150. The summed E-state index contributed by atoms with van der Waals surface area (Å²) >= 11 is 0. The summed E-state index contributed by atoms with van der Waals surface area (Å²) in [4.78, 5) is 12.8. The third kappa shape index (κ3) is 5.18. The molecular weight excluding hydrogens is 450 g/mol. The predicted molar refractivity (Wildman–Crippen MR) is 140 cm³/mol. The molecule has 0 aliphatic heterocycles. The van der Waals surface area contributed by atoms with Gasteiger partial charge in [-0.3, -0.25) is 0 Å². The fourth-order valence-electron chi connectivity index (χ4n) is 4.70. The maximum atomic E-state index is 12.8. The van der Waals surface area contributed by atoms with Crippen molar-refractivity contribution in [3.8, 4) is 0 Å². The summed E-state index contributed by atoms with van der Waals surface area (Å²) in [6.07, 6.45) is -0.698. The van der Waals surface area contributed by atoms with Crippen molar-refractivity contribution in [2.75, 3.05) is 6.61 Å². The van der Waals surface area contributed by atoms with Crippen LogP contribution in [-0.2, 0) is 15.9 Å². The minimum Gasteiger partial charge on any atom is -0.450 e. The fraction of sp³-hybridized carbons (Fsp3) is 0.194. The van der Waals surface area contributed by atoms with E-state index in [0.29, 0.717) is 22.3 Å². The van der Waals surface area contributed by atoms with Gasteiger partial charge in [-0.2, -0.15) is 0 Å². The van der Waals surface area contributed by atoms with Gasteiger partial charge in [0.2, 0.25) is 0 Å². The highest BCUT2D eigenvalue weighted by Crippen LogP contribution is 2.41. The maximum Gasteiger partial charge on any atom is 0.407 e. The van der Waals surface area contributed by atoms with Gasteiger partial charge in [0.1, 0.15) is 11.2 Å². The molecule has 0 aromatic heterocycles. The second-order valence-electron chi connectivity index (χ2n) is 8.71. The SMILES string of the molecule is CCOC(=O)N[C@@H](CC(O)(c1ccccc1)c1ccccc1)C(O)(c1ccccc1)c1ccccc1. The molecule has 0 spiro atoms. The highest BCUT2D eigenvalue weighted by molar-refractivity contribution is 5.68. The quantitative estimate of drug-likeness (QED) is 0.301. The van der Waals surface area contributed by atoms with Gasteiger partial charge in [0.05, 0.1) is 12.6 Å². The smallest absolute Gasteiger partial charge is 0.407 e. The molecule has 4 rings (SSSR count). The second-order valence-corrected chi connectivity index (χ2v) is 8.71. The summed E-state index contributed by atoms with van der Waals surface area (Å²) in [7, 11) is 0. The number of hydrogen-bond acceptors (Lipinski definition) is 4. The average molecular weight is 482 g/mol. The average Bonchev–Trinajstić information content (AvgIpc) is 2.94. The number of carbonyl (C=O) groups excluding carboxylic acids is 1. The zero-order valence-electron chi connectivity index (χ0n) is 20.2. The largest absolute Gasteiger partial charge is 0.450 e. The number of alkyl carbamates (subject to hydrolysis) is 1. The molecule has 0 unspecified atom stereocenters.